The molecular formula is C55H51N. The summed E-state index contributed by atoms with van der Waals surface area (Å²) in [7, 11) is 0. The molecule has 5 saturated carbocycles. The molecule has 6 aromatic rings. The van der Waals surface area contributed by atoms with E-state index in [-0.39, 0.29) is 16.2 Å². The highest BCUT2D eigenvalue weighted by Crippen LogP contribution is 2.69. The van der Waals surface area contributed by atoms with E-state index in [1.807, 2.05) is 0 Å². The van der Waals surface area contributed by atoms with E-state index in [1.165, 1.54) is 126 Å². The Balaban J connectivity index is 1.07. The van der Waals surface area contributed by atoms with Gasteiger partial charge in [0.05, 0.1) is 5.69 Å². The molecule has 0 amide bonds. The van der Waals surface area contributed by atoms with Gasteiger partial charge < -0.3 is 4.90 Å². The number of hydrogen-bond donors (Lipinski definition) is 0. The summed E-state index contributed by atoms with van der Waals surface area (Å²) in [4.78, 5) is 2.68. The molecule has 0 N–H and O–H groups in total. The number of fused-ring (bicyclic) bond motifs is 12. The number of rotatable bonds is 3. The van der Waals surface area contributed by atoms with Gasteiger partial charge in [-0.1, -0.05) is 130 Å². The molecule has 14 rings (SSSR count). The van der Waals surface area contributed by atoms with Crippen molar-refractivity contribution in [1.82, 2.24) is 0 Å². The van der Waals surface area contributed by atoms with Crippen LogP contribution in [0.15, 0.2) is 127 Å². The third kappa shape index (κ3) is 3.93. The van der Waals surface area contributed by atoms with Crippen LogP contribution < -0.4 is 4.90 Å². The zero-order valence-corrected chi connectivity index (χ0v) is 33.0. The summed E-state index contributed by atoms with van der Waals surface area (Å²) in [5, 5.41) is 0. The van der Waals surface area contributed by atoms with Crippen molar-refractivity contribution < 1.29 is 0 Å². The molecule has 0 aromatic heterocycles. The fourth-order valence-corrected chi connectivity index (χ4v) is 14.9. The minimum Gasteiger partial charge on any atom is -0.310 e. The van der Waals surface area contributed by atoms with Crippen LogP contribution in [-0.4, -0.2) is 0 Å². The predicted octanol–water partition coefficient (Wildman–Crippen LogP) is 14.4. The Kier molecular flexibility index (Phi) is 6.42. The van der Waals surface area contributed by atoms with Gasteiger partial charge in [0.1, 0.15) is 0 Å². The molecule has 1 nitrogen and oxygen atoms in total. The van der Waals surface area contributed by atoms with E-state index in [0.717, 1.165) is 23.7 Å². The minimum atomic E-state index is -0.0283. The Labute approximate surface area is 332 Å². The first-order valence-corrected chi connectivity index (χ1v) is 22.0. The molecule has 0 saturated heterocycles. The van der Waals surface area contributed by atoms with Gasteiger partial charge in [-0.2, -0.15) is 0 Å². The summed E-state index contributed by atoms with van der Waals surface area (Å²) in [6, 6.07) is 50.7. The van der Waals surface area contributed by atoms with Gasteiger partial charge in [0.2, 0.25) is 0 Å². The fraction of sp³-hybridized carbons (Fsp3) is 0.345. The van der Waals surface area contributed by atoms with E-state index in [2.05, 4.69) is 146 Å². The number of anilines is 3. The van der Waals surface area contributed by atoms with Crippen LogP contribution in [0.3, 0.4) is 0 Å². The Morgan fingerprint density at radius 2 is 1.04 bits per heavy atom. The van der Waals surface area contributed by atoms with Gasteiger partial charge in [0.15, 0.2) is 0 Å². The highest BCUT2D eigenvalue weighted by atomic mass is 15.1. The van der Waals surface area contributed by atoms with Crippen molar-refractivity contribution in [3.63, 3.8) is 0 Å². The molecule has 5 atom stereocenters. The van der Waals surface area contributed by atoms with Crippen LogP contribution in [0.5, 0.6) is 0 Å². The van der Waals surface area contributed by atoms with Crippen molar-refractivity contribution in [3.05, 3.63) is 161 Å². The highest BCUT2D eigenvalue weighted by Gasteiger charge is 2.60. The van der Waals surface area contributed by atoms with Crippen molar-refractivity contribution >= 4 is 17.1 Å². The van der Waals surface area contributed by atoms with Crippen LogP contribution >= 0.6 is 0 Å². The second-order valence-electron chi connectivity index (χ2n) is 19.6. The molecule has 8 aliphatic carbocycles. The minimum absolute atomic E-state index is 0.0283. The second kappa shape index (κ2) is 11.2. The smallest absolute Gasteiger partial charge is 0.0543 e. The topological polar surface area (TPSA) is 3.24 Å². The standard InChI is InChI=1S/C55H51N/c1-53(2)45-15-6-3-12-40(45)43-32-38(22-24-46(43)53)56(39-23-25-48-44(33-39)41-13-4-7-16-47(41)54(48)26-9-10-27-54)51-19-11-18-50-52(51)42-14-5-8-17-49(42)55(50)36-21-20-34-28-35(30-36)31-37(55)29-34/h3-8,11-19,22-25,32-37H,9-10,20-21,26-31H2,1-2H3. The molecule has 4 bridgehead atoms. The third-order valence-corrected chi connectivity index (χ3v) is 16.9. The van der Waals surface area contributed by atoms with Crippen molar-refractivity contribution in [1.29, 1.82) is 0 Å². The number of benzene rings is 6. The average molecular weight is 726 g/mol. The Morgan fingerprint density at radius 1 is 0.464 bits per heavy atom. The van der Waals surface area contributed by atoms with E-state index in [1.54, 1.807) is 22.3 Å². The summed E-state index contributed by atoms with van der Waals surface area (Å²) >= 11 is 0. The summed E-state index contributed by atoms with van der Waals surface area (Å²) in [5.41, 5.74) is 22.0. The van der Waals surface area contributed by atoms with E-state index in [4.69, 9.17) is 0 Å². The third-order valence-electron chi connectivity index (χ3n) is 16.9. The molecule has 8 aliphatic rings. The van der Waals surface area contributed by atoms with Crippen LogP contribution in [0.25, 0.3) is 33.4 Å². The van der Waals surface area contributed by atoms with Crippen LogP contribution in [0.2, 0.25) is 0 Å². The van der Waals surface area contributed by atoms with Crippen LogP contribution in [0, 0.1) is 23.7 Å². The zero-order chi connectivity index (χ0) is 37.0. The monoisotopic (exact) mass is 725 g/mol. The summed E-state index contributed by atoms with van der Waals surface area (Å²) in [5.74, 6) is 3.29. The maximum atomic E-state index is 2.68. The van der Waals surface area contributed by atoms with Crippen molar-refractivity contribution in [2.45, 2.75) is 94.3 Å². The fourth-order valence-electron chi connectivity index (χ4n) is 14.9. The quantitative estimate of drug-likeness (QED) is 0.176. The molecule has 0 heterocycles. The van der Waals surface area contributed by atoms with Gasteiger partial charge in [-0.3, -0.25) is 0 Å². The molecule has 5 unspecified atom stereocenters. The maximum Gasteiger partial charge on any atom is 0.0543 e. The normalized spacial score (nSPS) is 27.1. The van der Waals surface area contributed by atoms with Crippen LogP contribution in [0.4, 0.5) is 17.1 Å². The Hall–Kier alpha value is -4.88. The first-order chi connectivity index (χ1) is 27.5. The lowest BCUT2D eigenvalue weighted by atomic mass is 9.51. The number of hydrogen-bond acceptors (Lipinski definition) is 1. The first kappa shape index (κ1) is 32.2. The van der Waals surface area contributed by atoms with Gasteiger partial charge >= 0.3 is 0 Å². The SMILES string of the molecule is CC1(C)c2ccccc2-c2cc(N(c3ccc4c(c3)-c3ccccc3C43CCCC3)c3cccc4c3-c3ccccc3C43C4CCC5CC(C4)CC3C5)ccc21. The highest BCUT2D eigenvalue weighted by molar-refractivity contribution is 5.97. The van der Waals surface area contributed by atoms with Gasteiger partial charge in [-0.05, 0) is 160 Å². The Bertz CT molecular complexity index is 2630. The van der Waals surface area contributed by atoms with Crippen LogP contribution in [-0.2, 0) is 16.2 Å². The first-order valence-electron chi connectivity index (χ1n) is 22.0. The van der Waals surface area contributed by atoms with E-state index < -0.39 is 0 Å². The molecule has 0 aliphatic heterocycles. The van der Waals surface area contributed by atoms with E-state index in [0.29, 0.717) is 0 Å². The van der Waals surface area contributed by atoms with E-state index >= 15 is 0 Å². The lowest BCUT2D eigenvalue weighted by Crippen LogP contribution is -2.48. The molecular weight excluding hydrogens is 675 g/mol. The molecule has 1 heteroatoms. The Morgan fingerprint density at radius 3 is 1.82 bits per heavy atom. The predicted molar refractivity (Wildman–Crippen MR) is 231 cm³/mol. The van der Waals surface area contributed by atoms with Gasteiger partial charge in [0, 0.05) is 33.2 Å². The summed E-state index contributed by atoms with van der Waals surface area (Å²) in [6.07, 6.45) is 13.6. The number of nitrogens with zero attached hydrogens (tertiary/aromatic N) is 1. The van der Waals surface area contributed by atoms with Gasteiger partial charge in [-0.15, -0.1) is 0 Å². The van der Waals surface area contributed by atoms with Gasteiger partial charge in [-0.25, -0.2) is 0 Å². The molecule has 56 heavy (non-hydrogen) atoms. The second-order valence-corrected chi connectivity index (χ2v) is 19.6. The molecule has 5 fully saturated rings. The summed E-state index contributed by atoms with van der Waals surface area (Å²) < 4.78 is 0. The molecule has 0 radical (unpaired) electrons. The summed E-state index contributed by atoms with van der Waals surface area (Å²) in [6.45, 7) is 4.81. The van der Waals surface area contributed by atoms with Crippen molar-refractivity contribution in [2.24, 2.45) is 23.7 Å². The maximum absolute atomic E-state index is 2.68. The van der Waals surface area contributed by atoms with Crippen LogP contribution in [0.1, 0.15) is 111 Å². The van der Waals surface area contributed by atoms with Crippen molar-refractivity contribution in [3.8, 4) is 33.4 Å². The lowest BCUT2D eigenvalue weighted by Gasteiger charge is -2.53. The molecule has 2 spiro atoms. The lowest BCUT2D eigenvalue weighted by molar-refractivity contribution is 0.0618. The zero-order valence-electron chi connectivity index (χ0n) is 33.0. The average Bonchev–Trinajstić information content (AvgIpc) is 3.92. The van der Waals surface area contributed by atoms with E-state index in [9.17, 15) is 0 Å². The largest absolute Gasteiger partial charge is 0.310 e. The molecule has 6 aromatic carbocycles. The van der Waals surface area contributed by atoms with Gasteiger partial charge in [0.25, 0.3) is 0 Å². The van der Waals surface area contributed by atoms with Crippen molar-refractivity contribution in [2.75, 3.05) is 4.90 Å². The molecule has 276 valence electrons.